The van der Waals surface area contributed by atoms with E-state index in [0.717, 1.165) is 19.3 Å². The molecule has 1 saturated heterocycles. The van der Waals surface area contributed by atoms with Crippen LogP contribution in [0.15, 0.2) is 0 Å². The number of rotatable bonds is 0. The van der Waals surface area contributed by atoms with Crippen molar-refractivity contribution in [3.63, 3.8) is 0 Å². The molecule has 2 fully saturated rings. The van der Waals surface area contributed by atoms with E-state index < -0.39 is 0 Å². The first-order valence-corrected chi connectivity index (χ1v) is 5.08. The first-order chi connectivity index (χ1) is 5.72. The summed E-state index contributed by atoms with van der Waals surface area (Å²) < 4.78 is 5.85. The van der Waals surface area contributed by atoms with Gasteiger partial charge in [0.25, 0.3) is 0 Å². The fraction of sp³-hybridized carbons (Fsp3) is 1.00. The maximum Gasteiger partial charge on any atom is 0.0826 e. The average molecular weight is 170 g/mol. The van der Waals surface area contributed by atoms with Gasteiger partial charge >= 0.3 is 0 Å². The van der Waals surface area contributed by atoms with Crippen LogP contribution in [0.2, 0.25) is 0 Å². The van der Waals surface area contributed by atoms with E-state index in [-0.39, 0.29) is 17.8 Å². The molecule has 0 aromatic rings. The second-order valence-electron chi connectivity index (χ2n) is 4.34. The van der Waals surface area contributed by atoms with Gasteiger partial charge in [-0.25, -0.2) is 0 Å². The minimum atomic E-state index is -0.219. The summed E-state index contributed by atoms with van der Waals surface area (Å²) in [6.45, 7) is 1.98. The van der Waals surface area contributed by atoms with Crippen LogP contribution in [0.1, 0.15) is 45.4 Å². The van der Waals surface area contributed by atoms with Crippen LogP contribution in [0.3, 0.4) is 0 Å². The summed E-state index contributed by atoms with van der Waals surface area (Å²) >= 11 is 0. The second kappa shape index (κ2) is 3.00. The maximum absolute atomic E-state index is 9.59. The van der Waals surface area contributed by atoms with Crippen molar-refractivity contribution >= 4 is 0 Å². The molecular formula is C10H18O2. The van der Waals surface area contributed by atoms with Crippen LogP contribution < -0.4 is 0 Å². The van der Waals surface area contributed by atoms with Crippen molar-refractivity contribution in [3.8, 4) is 0 Å². The molecule has 12 heavy (non-hydrogen) atoms. The number of aliphatic hydroxyl groups is 1. The van der Waals surface area contributed by atoms with Crippen LogP contribution in [-0.2, 0) is 4.74 Å². The molecule has 0 radical (unpaired) electrons. The van der Waals surface area contributed by atoms with Crippen LogP contribution in [0.5, 0.6) is 0 Å². The van der Waals surface area contributed by atoms with E-state index in [0.29, 0.717) is 0 Å². The van der Waals surface area contributed by atoms with E-state index in [2.05, 4.69) is 0 Å². The predicted octanol–water partition coefficient (Wildman–Crippen LogP) is 1.86. The van der Waals surface area contributed by atoms with E-state index in [4.69, 9.17) is 4.74 Å². The third-order valence-corrected chi connectivity index (χ3v) is 3.32. The van der Waals surface area contributed by atoms with Gasteiger partial charge in [-0.1, -0.05) is 19.3 Å². The first-order valence-electron chi connectivity index (χ1n) is 5.08. The van der Waals surface area contributed by atoms with Gasteiger partial charge in [0.05, 0.1) is 17.8 Å². The Bertz CT molecular complexity index is 149. The van der Waals surface area contributed by atoms with E-state index in [1.54, 1.807) is 0 Å². The van der Waals surface area contributed by atoms with E-state index >= 15 is 0 Å². The van der Waals surface area contributed by atoms with Crippen molar-refractivity contribution < 1.29 is 9.84 Å². The fourth-order valence-electron chi connectivity index (χ4n) is 2.59. The van der Waals surface area contributed by atoms with Gasteiger partial charge < -0.3 is 9.84 Å². The molecule has 1 saturated carbocycles. The van der Waals surface area contributed by atoms with Crippen LogP contribution in [0.25, 0.3) is 0 Å². The van der Waals surface area contributed by atoms with Crippen molar-refractivity contribution in [2.75, 3.05) is 0 Å². The van der Waals surface area contributed by atoms with Crippen molar-refractivity contribution in [2.24, 2.45) is 0 Å². The molecule has 2 atom stereocenters. The molecule has 1 aliphatic heterocycles. The lowest BCUT2D eigenvalue weighted by Gasteiger charge is -2.32. The molecule has 0 aromatic carbocycles. The van der Waals surface area contributed by atoms with Gasteiger partial charge in [0.1, 0.15) is 0 Å². The Morgan fingerprint density at radius 2 is 1.92 bits per heavy atom. The largest absolute Gasteiger partial charge is 0.390 e. The average Bonchev–Trinajstić information content (AvgIpc) is 2.29. The number of hydrogen-bond acceptors (Lipinski definition) is 2. The molecule has 0 bridgehead atoms. The fourth-order valence-corrected chi connectivity index (χ4v) is 2.59. The summed E-state index contributed by atoms with van der Waals surface area (Å²) in [5.74, 6) is 0. The maximum atomic E-state index is 9.59. The molecule has 1 spiro atoms. The minimum absolute atomic E-state index is 0.0584. The summed E-state index contributed by atoms with van der Waals surface area (Å²) in [5.41, 5.74) is 0.0666. The predicted molar refractivity (Wildman–Crippen MR) is 47.0 cm³/mol. The van der Waals surface area contributed by atoms with Gasteiger partial charge in [0, 0.05) is 6.42 Å². The van der Waals surface area contributed by atoms with Crippen molar-refractivity contribution in [2.45, 2.75) is 63.3 Å². The molecule has 2 aliphatic rings. The number of hydrogen-bond donors (Lipinski definition) is 1. The highest BCUT2D eigenvalue weighted by atomic mass is 16.5. The molecule has 70 valence electrons. The smallest absolute Gasteiger partial charge is 0.0826 e. The molecule has 2 nitrogen and oxygen atoms in total. The Morgan fingerprint density at radius 3 is 2.42 bits per heavy atom. The molecule has 1 N–H and O–H groups in total. The zero-order valence-electron chi connectivity index (χ0n) is 7.75. The highest BCUT2D eigenvalue weighted by molar-refractivity contribution is 4.94. The molecule has 1 aliphatic carbocycles. The highest BCUT2D eigenvalue weighted by Gasteiger charge is 2.44. The Kier molecular flexibility index (Phi) is 2.13. The van der Waals surface area contributed by atoms with Crippen molar-refractivity contribution in [3.05, 3.63) is 0 Å². The molecule has 0 aromatic heterocycles. The van der Waals surface area contributed by atoms with Crippen molar-refractivity contribution in [1.82, 2.24) is 0 Å². The monoisotopic (exact) mass is 170 g/mol. The van der Waals surface area contributed by atoms with Crippen molar-refractivity contribution in [1.29, 1.82) is 0 Å². The zero-order valence-corrected chi connectivity index (χ0v) is 7.75. The lowest BCUT2D eigenvalue weighted by Crippen LogP contribution is -2.31. The molecule has 2 rings (SSSR count). The van der Waals surface area contributed by atoms with Crippen LogP contribution >= 0.6 is 0 Å². The molecule has 0 amide bonds. The Hall–Kier alpha value is -0.0800. The topological polar surface area (TPSA) is 29.5 Å². The van der Waals surface area contributed by atoms with Gasteiger partial charge in [-0.3, -0.25) is 0 Å². The normalized spacial score (nSPS) is 40.5. The molecule has 2 heteroatoms. The summed E-state index contributed by atoms with van der Waals surface area (Å²) in [6.07, 6.45) is 6.93. The third kappa shape index (κ3) is 1.38. The van der Waals surface area contributed by atoms with Gasteiger partial charge in [-0.2, -0.15) is 0 Å². The quantitative estimate of drug-likeness (QED) is 0.601. The lowest BCUT2D eigenvalue weighted by atomic mass is 9.82. The highest BCUT2D eigenvalue weighted by Crippen LogP contribution is 2.41. The summed E-state index contributed by atoms with van der Waals surface area (Å²) in [7, 11) is 0. The Balaban J connectivity index is 2.02. The van der Waals surface area contributed by atoms with Crippen LogP contribution in [0.4, 0.5) is 0 Å². The summed E-state index contributed by atoms with van der Waals surface area (Å²) in [6, 6.07) is 0. The minimum Gasteiger partial charge on any atom is -0.390 e. The third-order valence-electron chi connectivity index (χ3n) is 3.32. The van der Waals surface area contributed by atoms with E-state index in [1.165, 1.54) is 19.3 Å². The SMILES string of the molecule is C[C@@H]1OC2(CCCCC2)C[C@@H]1O. The zero-order chi connectivity index (χ0) is 8.60. The Morgan fingerprint density at radius 1 is 1.25 bits per heavy atom. The molecule has 0 unspecified atom stereocenters. The van der Waals surface area contributed by atoms with Gasteiger partial charge in [0.2, 0.25) is 0 Å². The molecule has 1 heterocycles. The van der Waals surface area contributed by atoms with Gasteiger partial charge in [0.15, 0.2) is 0 Å². The number of ether oxygens (including phenoxy) is 1. The first kappa shape index (κ1) is 8.52. The van der Waals surface area contributed by atoms with Gasteiger partial charge in [-0.15, -0.1) is 0 Å². The van der Waals surface area contributed by atoms with Crippen LogP contribution in [-0.4, -0.2) is 22.9 Å². The van der Waals surface area contributed by atoms with Crippen LogP contribution in [0, 0.1) is 0 Å². The van der Waals surface area contributed by atoms with E-state index in [1.807, 2.05) is 6.92 Å². The lowest BCUT2D eigenvalue weighted by molar-refractivity contribution is -0.0638. The summed E-state index contributed by atoms with van der Waals surface area (Å²) in [4.78, 5) is 0. The second-order valence-corrected chi connectivity index (χ2v) is 4.34. The van der Waals surface area contributed by atoms with Gasteiger partial charge in [-0.05, 0) is 19.8 Å². The summed E-state index contributed by atoms with van der Waals surface area (Å²) in [5, 5.41) is 9.59. The van der Waals surface area contributed by atoms with E-state index in [9.17, 15) is 5.11 Å². The molecular weight excluding hydrogens is 152 g/mol. The number of aliphatic hydroxyl groups excluding tert-OH is 1. The standard InChI is InChI=1S/C10H18O2/c1-8-9(11)7-10(12-8)5-3-2-4-6-10/h8-9,11H,2-7H2,1H3/t8-,9-/m0/s1. The Labute approximate surface area is 73.9 Å².